The molecule has 2 aliphatic carbocycles. The Morgan fingerprint density at radius 1 is 0.862 bits per heavy atom. The Morgan fingerprint density at radius 3 is 2.34 bits per heavy atom. The molecule has 1 saturated heterocycles. The summed E-state index contributed by atoms with van der Waals surface area (Å²) in [7, 11) is 0. The van der Waals surface area contributed by atoms with Crippen molar-refractivity contribution in [3.63, 3.8) is 0 Å². The fourth-order valence-corrected chi connectivity index (χ4v) is 5.62. The quantitative estimate of drug-likeness (QED) is 0.527. The Hall–Kier alpha value is -1.72. The van der Waals surface area contributed by atoms with Gasteiger partial charge in [-0.05, 0) is 92.0 Å². The van der Waals surface area contributed by atoms with Gasteiger partial charge in [0, 0.05) is 5.92 Å². The monoisotopic (exact) mass is 400 g/mol. The first kappa shape index (κ1) is 19.3. The van der Waals surface area contributed by atoms with Crippen molar-refractivity contribution in [2.75, 3.05) is 13.2 Å². The molecule has 0 amide bonds. The molecule has 0 bridgehead atoms. The van der Waals surface area contributed by atoms with Gasteiger partial charge in [-0.15, -0.1) is 0 Å². The van der Waals surface area contributed by atoms with Crippen LogP contribution in [0.5, 0.6) is 5.75 Å². The molecule has 1 saturated carbocycles. The predicted octanol–water partition coefficient (Wildman–Crippen LogP) is 5.04. The van der Waals surface area contributed by atoms with Gasteiger partial charge in [0.2, 0.25) is 0 Å². The van der Waals surface area contributed by atoms with Crippen LogP contribution in [0, 0.1) is 23.6 Å². The van der Waals surface area contributed by atoms with Crippen LogP contribution in [-0.4, -0.2) is 25.5 Å². The van der Waals surface area contributed by atoms with Crippen molar-refractivity contribution in [1.29, 1.82) is 0 Å². The van der Waals surface area contributed by atoms with E-state index in [1.54, 1.807) is 0 Å². The third-order valence-electron chi connectivity index (χ3n) is 7.27. The van der Waals surface area contributed by atoms with Crippen molar-refractivity contribution in [3.8, 4) is 5.75 Å². The summed E-state index contributed by atoms with van der Waals surface area (Å²) in [5.41, 5.74) is 3.01. The maximum Gasteiger partial charge on any atom is 0.311 e. The summed E-state index contributed by atoms with van der Waals surface area (Å²) in [6.07, 6.45) is 11.4. The number of aryl methyl sites for hydroxylation is 1. The van der Waals surface area contributed by atoms with Crippen LogP contribution in [0.1, 0.15) is 62.5 Å². The second-order valence-electron chi connectivity index (χ2n) is 8.97. The van der Waals surface area contributed by atoms with Gasteiger partial charge >= 0.3 is 5.97 Å². The molecular weight excluding hydrogens is 371 g/mol. The highest BCUT2D eigenvalue weighted by molar-refractivity contribution is 5.77. The first-order chi connectivity index (χ1) is 14.2. The number of carbonyl (C=O) groups is 1. The molecule has 1 aromatic rings. The summed E-state index contributed by atoms with van der Waals surface area (Å²) in [4.78, 5) is 11.4. The highest BCUT2D eigenvalue weighted by atomic mass is 19.1. The van der Waals surface area contributed by atoms with Gasteiger partial charge in [-0.1, -0.05) is 6.08 Å². The molecule has 4 nitrogen and oxygen atoms in total. The fraction of sp³-hybridized carbons (Fsp3) is 0.625. The van der Waals surface area contributed by atoms with Gasteiger partial charge < -0.3 is 14.2 Å². The Bertz CT molecular complexity index is 803. The molecule has 1 atom stereocenters. The van der Waals surface area contributed by atoms with Crippen molar-refractivity contribution in [2.24, 2.45) is 17.8 Å². The molecule has 156 valence electrons. The molecule has 0 aromatic heterocycles. The van der Waals surface area contributed by atoms with Gasteiger partial charge in [-0.25, -0.2) is 4.39 Å². The lowest BCUT2D eigenvalue weighted by molar-refractivity contribution is -0.135. The Labute approximate surface area is 171 Å². The van der Waals surface area contributed by atoms with Gasteiger partial charge in [-0.2, -0.15) is 0 Å². The Balaban J connectivity index is 1.21. The van der Waals surface area contributed by atoms with Gasteiger partial charge in [0.15, 0.2) is 17.9 Å². The molecule has 5 heteroatoms. The van der Waals surface area contributed by atoms with Crippen LogP contribution in [-0.2, 0) is 20.7 Å². The molecule has 0 radical (unpaired) electrons. The number of allylic oxidation sites excluding steroid dienone is 2. The van der Waals surface area contributed by atoms with Gasteiger partial charge in [0.25, 0.3) is 0 Å². The summed E-state index contributed by atoms with van der Waals surface area (Å²) in [5.74, 6) is 1.45. The van der Waals surface area contributed by atoms with Crippen LogP contribution in [0.2, 0.25) is 0 Å². The van der Waals surface area contributed by atoms with E-state index in [4.69, 9.17) is 14.2 Å². The number of benzene rings is 1. The van der Waals surface area contributed by atoms with E-state index >= 15 is 0 Å². The number of ether oxygens (including phenoxy) is 3. The molecule has 0 spiro atoms. The SMILES string of the molecule is O=C1CCc2cc(C3=CCC(C4CCC(C5OCCO5)CC4)CC3)cc(F)c2O1. The zero-order chi connectivity index (χ0) is 19.8. The van der Waals surface area contributed by atoms with Crippen LogP contribution in [0.15, 0.2) is 18.2 Å². The van der Waals surface area contributed by atoms with E-state index in [2.05, 4.69) is 6.08 Å². The van der Waals surface area contributed by atoms with Crippen molar-refractivity contribution < 1.29 is 23.4 Å². The van der Waals surface area contributed by atoms with E-state index in [9.17, 15) is 9.18 Å². The molecule has 1 unspecified atom stereocenters. The maximum absolute atomic E-state index is 14.5. The van der Waals surface area contributed by atoms with Crippen molar-refractivity contribution in [2.45, 2.75) is 64.1 Å². The van der Waals surface area contributed by atoms with Crippen molar-refractivity contribution in [1.82, 2.24) is 0 Å². The lowest BCUT2D eigenvalue weighted by atomic mass is 9.71. The number of hydrogen-bond acceptors (Lipinski definition) is 4. The van der Waals surface area contributed by atoms with Crippen LogP contribution in [0.4, 0.5) is 4.39 Å². The molecular formula is C24H29FO4. The van der Waals surface area contributed by atoms with Crippen LogP contribution in [0.25, 0.3) is 5.57 Å². The lowest BCUT2D eigenvalue weighted by Gasteiger charge is -2.36. The Kier molecular flexibility index (Phi) is 5.44. The van der Waals surface area contributed by atoms with E-state index in [-0.39, 0.29) is 18.0 Å². The smallest absolute Gasteiger partial charge is 0.311 e. The number of rotatable bonds is 3. The van der Waals surface area contributed by atoms with Crippen molar-refractivity contribution >= 4 is 11.5 Å². The van der Waals surface area contributed by atoms with Crippen LogP contribution in [0.3, 0.4) is 0 Å². The van der Waals surface area contributed by atoms with E-state index in [0.29, 0.717) is 18.8 Å². The van der Waals surface area contributed by atoms with E-state index in [1.165, 1.54) is 43.7 Å². The summed E-state index contributed by atoms with van der Waals surface area (Å²) in [6, 6.07) is 3.56. The summed E-state index contributed by atoms with van der Waals surface area (Å²) >= 11 is 0. The highest BCUT2D eigenvalue weighted by Gasteiger charge is 2.34. The minimum Gasteiger partial charge on any atom is -0.423 e. The van der Waals surface area contributed by atoms with Crippen LogP contribution < -0.4 is 4.74 Å². The number of carbonyl (C=O) groups excluding carboxylic acids is 1. The maximum atomic E-state index is 14.5. The molecule has 1 aromatic carbocycles. The number of hydrogen-bond donors (Lipinski definition) is 0. The second kappa shape index (κ2) is 8.19. The van der Waals surface area contributed by atoms with Gasteiger partial charge in [0.1, 0.15) is 0 Å². The van der Waals surface area contributed by atoms with E-state index < -0.39 is 5.82 Å². The normalized spacial score (nSPS) is 30.6. The third-order valence-corrected chi connectivity index (χ3v) is 7.27. The lowest BCUT2D eigenvalue weighted by Crippen LogP contribution is -2.29. The second-order valence-corrected chi connectivity index (χ2v) is 8.97. The first-order valence-electron chi connectivity index (χ1n) is 11.1. The molecule has 0 N–H and O–H groups in total. The summed E-state index contributed by atoms with van der Waals surface area (Å²) in [5, 5.41) is 0. The highest BCUT2D eigenvalue weighted by Crippen LogP contribution is 2.43. The largest absolute Gasteiger partial charge is 0.423 e. The van der Waals surface area contributed by atoms with Crippen LogP contribution >= 0.6 is 0 Å². The molecule has 2 heterocycles. The zero-order valence-electron chi connectivity index (χ0n) is 16.8. The Morgan fingerprint density at radius 2 is 1.62 bits per heavy atom. The van der Waals surface area contributed by atoms with E-state index in [0.717, 1.165) is 49.0 Å². The molecule has 5 rings (SSSR count). The molecule has 4 aliphatic rings. The minimum absolute atomic E-state index is 0.0342. The standard InChI is InChI=1S/C24H29FO4/c25-21-14-20(13-19-9-10-22(26)29-23(19)21)17-3-1-15(2-4-17)16-5-7-18(8-6-16)24-27-11-12-28-24/h3,13-16,18,24H,1-2,4-12H2. The average Bonchev–Trinajstić information content (AvgIpc) is 3.29. The molecule has 29 heavy (non-hydrogen) atoms. The topological polar surface area (TPSA) is 44.8 Å². The summed E-state index contributed by atoms with van der Waals surface area (Å²) < 4.78 is 31.0. The average molecular weight is 400 g/mol. The predicted molar refractivity (Wildman–Crippen MR) is 107 cm³/mol. The number of fused-ring (bicyclic) bond motifs is 1. The first-order valence-corrected chi connectivity index (χ1v) is 11.1. The summed E-state index contributed by atoms with van der Waals surface area (Å²) in [6.45, 7) is 1.49. The fourth-order valence-electron chi connectivity index (χ4n) is 5.62. The van der Waals surface area contributed by atoms with Gasteiger partial charge in [-0.3, -0.25) is 4.79 Å². The van der Waals surface area contributed by atoms with Crippen molar-refractivity contribution in [3.05, 3.63) is 35.2 Å². The van der Waals surface area contributed by atoms with Gasteiger partial charge in [0.05, 0.1) is 19.6 Å². The number of esters is 1. The minimum atomic E-state index is -0.414. The molecule has 2 aliphatic heterocycles. The third kappa shape index (κ3) is 3.99. The molecule has 2 fully saturated rings. The zero-order valence-corrected chi connectivity index (χ0v) is 16.8. The number of halogens is 1. The van der Waals surface area contributed by atoms with E-state index in [1.807, 2.05) is 6.07 Å².